The van der Waals surface area contributed by atoms with Crippen LogP contribution >= 0.6 is 0 Å². The summed E-state index contributed by atoms with van der Waals surface area (Å²) in [7, 11) is 2.19. The second-order valence-electron chi connectivity index (χ2n) is 5.60. The summed E-state index contributed by atoms with van der Waals surface area (Å²) >= 11 is 0. The number of likely N-dealkylation sites (tertiary alicyclic amines) is 1. The molecule has 0 saturated carbocycles. The molecule has 0 N–H and O–H groups in total. The molecule has 0 spiro atoms. The number of rotatable bonds is 3. The number of piperidine rings is 1. The van der Waals surface area contributed by atoms with E-state index in [1.165, 1.54) is 31.5 Å². The van der Waals surface area contributed by atoms with Gasteiger partial charge in [0.1, 0.15) is 5.75 Å². The van der Waals surface area contributed by atoms with Crippen LogP contribution in [0.15, 0.2) is 12.3 Å². The molecule has 1 aromatic heterocycles. The van der Waals surface area contributed by atoms with E-state index in [1.54, 1.807) is 0 Å². The molecule has 2 rings (SSSR count). The predicted molar refractivity (Wildman–Crippen MR) is 74.2 cm³/mol. The van der Waals surface area contributed by atoms with Gasteiger partial charge >= 0.3 is 0 Å². The highest BCUT2D eigenvalue weighted by molar-refractivity contribution is 5.32. The molecule has 1 aliphatic rings. The van der Waals surface area contributed by atoms with Gasteiger partial charge in [0.05, 0.1) is 11.8 Å². The van der Waals surface area contributed by atoms with Crippen molar-refractivity contribution in [2.24, 2.45) is 0 Å². The quantitative estimate of drug-likeness (QED) is 0.822. The van der Waals surface area contributed by atoms with Crippen LogP contribution in [0.5, 0.6) is 5.75 Å². The summed E-state index contributed by atoms with van der Waals surface area (Å²) in [5, 5.41) is 0. The Kier molecular flexibility index (Phi) is 4.23. The molecule has 1 saturated heterocycles. The largest absolute Gasteiger partial charge is 0.489 e. The highest BCUT2D eigenvalue weighted by atomic mass is 16.5. The number of aromatic nitrogens is 1. The van der Waals surface area contributed by atoms with E-state index in [0.717, 1.165) is 11.4 Å². The molecule has 0 aromatic carbocycles. The molecule has 0 radical (unpaired) electrons. The van der Waals surface area contributed by atoms with Crippen LogP contribution in [-0.4, -0.2) is 36.1 Å². The third-order valence-electron chi connectivity index (χ3n) is 3.61. The lowest BCUT2D eigenvalue weighted by Crippen LogP contribution is -2.29. The Labute approximate surface area is 110 Å². The maximum Gasteiger partial charge on any atom is 0.141 e. The molecule has 0 aliphatic carbocycles. The van der Waals surface area contributed by atoms with Crippen LogP contribution in [0, 0.1) is 6.92 Å². The first-order valence-corrected chi connectivity index (χ1v) is 6.88. The minimum absolute atomic E-state index is 0.207. The smallest absolute Gasteiger partial charge is 0.141 e. The summed E-state index contributed by atoms with van der Waals surface area (Å²) in [6.45, 7) is 8.48. The Morgan fingerprint density at radius 2 is 2.00 bits per heavy atom. The van der Waals surface area contributed by atoms with E-state index in [2.05, 4.69) is 36.8 Å². The molecule has 1 fully saturated rings. The fraction of sp³-hybridized carbons (Fsp3) is 0.667. The lowest BCUT2D eigenvalue weighted by Gasteiger charge is -2.29. The van der Waals surface area contributed by atoms with E-state index >= 15 is 0 Å². The minimum atomic E-state index is 0.207. The van der Waals surface area contributed by atoms with Crippen molar-refractivity contribution in [1.29, 1.82) is 0 Å². The monoisotopic (exact) mass is 248 g/mol. The predicted octanol–water partition coefficient (Wildman–Crippen LogP) is 2.99. The molecule has 0 atom stereocenters. The van der Waals surface area contributed by atoms with Gasteiger partial charge in [0.15, 0.2) is 0 Å². The van der Waals surface area contributed by atoms with E-state index < -0.39 is 0 Å². The lowest BCUT2D eigenvalue weighted by molar-refractivity contribution is 0.237. The lowest BCUT2D eigenvalue weighted by atomic mass is 9.90. The molecule has 0 amide bonds. The number of aryl methyl sites for hydroxylation is 1. The molecule has 0 unspecified atom stereocenters. The fourth-order valence-electron chi connectivity index (χ4n) is 2.47. The van der Waals surface area contributed by atoms with Crippen LogP contribution in [0.1, 0.15) is 43.9 Å². The molecule has 1 aliphatic heterocycles. The van der Waals surface area contributed by atoms with Gasteiger partial charge in [-0.3, -0.25) is 4.98 Å². The van der Waals surface area contributed by atoms with E-state index in [0.29, 0.717) is 5.92 Å². The Hall–Kier alpha value is -1.09. The van der Waals surface area contributed by atoms with Gasteiger partial charge in [0, 0.05) is 6.20 Å². The van der Waals surface area contributed by atoms with Gasteiger partial charge in [-0.15, -0.1) is 0 Å². The Balaban J connectivity index is 2.13. The molecule has 100 valence electrons. The third kappa shape index (κ3) is 3.22. The summed E-state index contributed by atoms with van der Waals surface area (Å²) in [6.07, 6.45) is 4.68. The van der Waals surface area contributed by atoms with Gasteiger partial charge in [-0.2, -0.15) is 0 Å². The molecule has 18 heavy (non-hydrogen) atoms. The normalized spacial score (nSPS) is 18.3. The zero-order valence-corrected chi connectivity index (χ0v) is 11.9. The van der Waals surface area contributed by atoms with Crippen molar-refractivity contribution >= 4 is 0 Å². The number of nitrogens with zero attached hydrogens (tertiary/aromatic N) is 2. The summed E-state index contributed by atoms with van der Waals surface area (Å²) in [4.78, 5) is 6.88. The van der Waals surface area contributed by atoms with Crippen LogP contribution in [0.3, 0.4) is 0 Å². The first-order chi connectivity index (χ1) is 8.56. The standard InChI is InChI=1S/C15H24N2O/c1-11(2)18-15-9-14(10-16-12(15)3)13-5-7-17(4)8-6-13/h9-11,13H,5-8H2,1-4H3. The summed E-state index contributed by atoms with van der Waals surface area (Å²) in [5.74, 6) is 1.59. The molecular formula is C15H24N2O. The van der Waals surface area contributed by atoms with Crippen LogP contribution in [0.25, 0.3) is 0 Å². The van der Waals surface area contributed by atoms with Gasteiger partial charge in [-0.25, -0.2) is 0 Å². The first kappa shape index (κ1) is 13.3. The first-order valence-electron chi connectivity index (χ1n) is 6.88. The third-order valence-corrected chi connectivity index (χ3v) is 3.61. The zero-order chi connectivity index (χ0) is 13.1. The number of pyridine rings is 1. The van der Waals surface area contributed by atoms with Crippen molar-refractivity contribution in [1.82, 2.24) is 9.88 Å². The molecular weight excluding hydrogens is 224 g/mol. The zero-order valence-electron chi connectivity index (χ0n) is 11.9. The molecule has 3 nitrogen and oxygen atoms in total. The second kappa shape index (κ2) is 5.70. The van der Waals surface area contributed by atoms with Crippen LogP contribution < -0.4 is 4.74 Å². The van der Waals surface area contributed by atoms with E-state index in [-0.39, 0.29) is 6.10 Å². The number of hydrogen-bond donors (Lipinski definition) is 0. The average molecular weight is 248 g/mol. The van der Waals surface area contributed by atoms with E-state index in [1.807, 2.05) is 13.1 Å². The van der Waals surface area contributed by atoms with Crippen molar-refractivity contribution in [2.45, 2.75) is 45.6 Å². The van der Waals surface area contributed by atoms with Crippen LogP contribution in [-0.2, 0) is 0 Å². The topological polar surface area (TPSA) is 25.4 Å². The van der Waals surface area contributed by atoms with Gasteiger partial charge < -0.3 is 9.64 Å². The average Bonchev–Trinajstić information content (AvgIpc) is 2.32. The summed E-state index contributed by atoms with van der Waals surface area (Å²) in [6, 6.07) is 2.19. The van der Waals surface area contributed by atoms with Crippen molar-refractivity contribution < 1.29 is 4.74 Å². The van der Waals surface area contributed by atoms with Crippen molar-refractivity contribution in [3.05, 3.63) is 23.5 Å². The number of ether oxygens (including phenoxy) is 1. The number of hydrogen-bond acceptors (Lipinski definition) is 3. The van der Waals surface area contributed by atoms with E-state index in [9.17, 15) is 0 Å². The SMILES string of the molecule is Cc1ncc(C2CCN(C)CC2)cc1OC(C)C. The molecule has 0 bridgehead atoms. The Bertz CT molecular complexity index is 395. The van der Waals surface area contributed by atoms with Crippen LogP contribution in [0.4, 0.5) is 0 Å². The van der Waals surface area contributed by atoms with E-state index in [4.69, 9.17) is 4.74 Å². The fourth-order valence-corrected chi connectivity index (χ4v) is 2.47. The molecule has 2 heterocycles. The van der Waals surface area contributed by atoms with Crippen molar-refractivity contribution in [3.8, 4) is 5.75 Å². The maximum atomic E-state index is 5.82. The van der Waals surface area contributed by atoms with Crippen molar-refractivity contribution in [2.75, 3.05) is 20.1 Å². The Morgan fingerprint density at radius 3 is 2.61 bits per heavy atom. The van der Waals surface area contributed by atoms with Gasteiger partial charge in [-0.1, -0.05) is 0 Å². The summed E-state index contributed by atoms with van der Waals surface area (Å²) in [5.41, 5.74) is 2.32. The van der Waals surface area contributed by atoms with Gasteiger partial charge in [0.25, 0.3) is 0 Å². The highest BCUT2D eigenvalue weighted by Gasteiger charge is 2.19. The minimum Gasteiger partial charge on any atom is -0.489 e. The highest BCUT2D eigenvalue weighted by Crippen LogP contribution is 2.30. The maximum absolute atomic E-state index is 5.82. The molecule has 3 heteroatoms. The molecule has 1 aromatic rings. The van der Waals surface area contributed by atoms with Crippen molar-refractivity contribution in [3.63, 3.8) is 0 Å². The van der Waals surface area contributed by atoms with Gasteiger partial charge in [-0.05, 0) is 71.3 Å². The summed E-state index contributed by atoms with van der Waals surface area (Å²) < 4.78 is 5.82. The van der Waals surface area contributed by atoms with Gasteiger partial charge in [0.2, 0.25) is 0 Å². The van der Waals surface area contributed by atoms with Crippen LogP contribution in [0.2, 0.25) is 0 Å². The second-order valence-corrected chi connectivity index (χ2v) is 5.60. The Morgan fingerprint density at radius 1 is 1.33 bits per heavy atom.